The number of carboxylic acid groups (broad SMARTS) is 1. The van der Waals surface area contributed by atoms with Crippen molar-refractivity contribution in [3.05, 3.63) is 11.6 Å². The highest BCUT2D eigenvalue weighted by Crippen LogP contribution is 2.76. The second kappa shape index (κ2) is 27.5. The summed E-state index contributed by atoms with van der Waals surface area (Å²) in [4.78, 5) is 13.3. The number of aliphatic carboxylic acids is 1. The van der Waals surface area contributed by atoms with Crippen LogP contribution in [0.15, 0.2) is 11.6 Å². The Hall–Kier alpha value is -1.91. The second-order valence-corrected chi connectivity index (χ2v) is 30.9. The predicted molar refractivity (Wildman–Crippen MR) is 315 cm³/mol. The lowest BCUT2D eigenvalue weighted by molar-refractivity contribution is -0.393. The van der Waals surface area contributed by atoms with Gasteiger partial charge in [0.1, 0.15) is 122 Å². The minimum atomic E-state index is -2.09. The van der Waals surface area contributed by atoms with Gasteiger partial charge in [0.2, 0.25) is 0 Å². The number of hydrogen-bond donors (Lipinski definition) is 17. The summed E-state index contributed by atoms with van der Waals surface area (Å²) in [5.41, 5.74) is -1.05. The largest absolute Gasteiger partial charge is 0.481 e. The Morgan fingerprint density at radius 2 is 1.11 bits per heavy atom. The number of allylic oxidation sites excluding steroid dienone is 2. The molecule has 0 aromatic rings. The molecule has 6 saturated heterocycles. The van der Waals surface area contributed by atoms with Crippen molar-refractivity contribution in [2.45, 2.75) is 298 Å². The molecule has 37 atom stereocenters. The van der Waals surface area contributed by atoms with E-state index in [1.165, 1.54) is 19.4 Å². The third-order valence-electron chi connectivity index (χ3n) is 25.0. The van der Waals surface area contributed by atoms with Crippen LogP contribution in [-0.4, -0.2) is 304 Å². The van der Waals surface area contributed by atoms with E-state index in [0.29, 0.717) is 25.7 Å². The highest BCUT2D eigenvalue weighted by molar-refractivity contribution is 5.76. The van der Waals surface area contributed by atoms with Crippen LogP contribution < -0.4 is 0 Å². The SMILES string of the molecule is C[C@@H]1O[C@@H](OC[C@H]2O[C@@H](O[C@@H]3CO[C@@H](O[C@H]4[C@@H](O)[C@H](O[C@H]5[C@H](O[C@H]6CC[C@@]7(C)C(CC[C@]8(C)C7CC=C7C9CC(C)(C)CC[C@]9(C(=O)O)CCC78C)[C@@]6(C)CO)OC[C@H](O)[C@@H]5O)O[C@@H](C)[C@H]4O)[C@H](O)[C@H]3O)[C@H](O[C@H]3O[C@@H](CO)[C@H](O)[C@@H](O)[C@@H]3O)[C@@H](O)[C@@H]2O)[C@H](O)[C@H](O)[C@H]1O. The van der Waals surface area contributed by atoms with Crippen molar-refractivity contribution in [1.82, 2.24) is 0 Å². The number of aliphatic hydroxyl groups is 16. The van der Waals surface area contributed by atoms with Gasteiger partial charge >= 0.3 is 5.97 Å². The van der Waals surface area contributed by atoms with Crippen LogP contribution in [0, 0.1) is 50.2 Å². The highest BCUT2D eigenvalue weighted by atomic mass is 16.8. The zero-order chi connectivity index (χ0) is 68.4. The Morgan fingerprint density at radius 3 is 1.79 bits per heavy atom. The minimum absolute atomic E-state index is 0.0110. The van der Waals surface area contributed by atoms with Crippen molar-refractivity contribution in [3.8, 4) is 0 Å². The molecule has 94 heavy (non-hydrogen) atoms. The molecule has 10 fully saturated rings. The Labute approximate surface area is 545 Å². The van der Waals surface area contributed by atoms with E-state index >= 15 is 0 Å². The van der Waals surface area contributed by atoms with Crippen molar-refractivity contribution < 1.29 is 148 Å². The van der Waals surface area contributed by atoms with Gasteiger partial charge in [-0.25, -0.2) is 0 Å². The molecule has 540 valence electrons. The van der Waals surface area contributed by atoms with Crippen LogP contribution in [0.2, 0.25) is 0 Å². The fraction of sp³-hybridized carbons (Fsp3) is 0.953. The average molecular weight is 1350 g/mol. The van der Waals surface area contributed by atoms with Crippen LogP contribution in [0.3, 0.4) is 0 Å². The lowest BCUT2D eigenvalue weighted by Crippen LogP contribution is -2.67. The molecule has 0 spiro atoms. The molecular formula is C64H104O30. The molecule has 0 amide bonds. The Kier molecular flexibility index (Phi) is 21.4. The monoisotopic (exact) mass is 1350 g/mol. The first-order valence-electron chi connectivity index (χ1n) is 33.5. The lowest BCUT2D eigenvalue weighted by atomic mass is 9.33. The van der Waals surface area contributed by atoms with Crippen LogP contribution in [-0.2, 0) is 61.6 Å². The van der Waals surface area contributed by atoms with Crippen LogP contribution in [0.4, 0.5) is 0 Å². The fourth-order valence-corrected chi connectivity index (χ4v) is 18.8. The van der Waals surface area contributed by atoms with Crippen molar-refractivity contribution in [2.24, 2.45) is 50.2 Å². The van der Waals surface area contributed by atoms with Gasteiger partial charge in [-0.1, -0.05) is 53.2 Å². The standard InChI is InChI=1S/C64H104O30/c1-25-36(68)42(74)46(78)52(86-25)84-22-31-40(72)44(76)51(94-54-47(79)43(75)39(71)30(20-65)88-54)57(89-31)90-32-23-85-53(45(77)41(32)73)92-49-37(69)26(2)87-55(48(49)80)93-50-38(70)29(67)21-83-56(50)91-35-12-13-60(5)33(61(35,6)24-66)11-14-63(8)34(60)10-9-27-28-19-59(3,4)15-17-64(28,58(81)82)18-16-62(27,63)7/h9,25-26,28-57,65-80H,10-24H2,1-8H3,(H,81,82)/t25-,26-,28?,29-,30-,31+,32+,33?,34?,35-,36-,37+,38-,39-,40+,41-,42+,43+,44-,45+,46+,47-,48+,49+,50+,51+,52+,53-,54+,55-,56-,57-,60-,61+,62?,63+,64-/m0/s1. The van der Waals surface area contributed by atoms with E-state index < -0.39 is 215 Å². The van der Waals surface area contributed by atoms with Crippen LogP contribution >= 0.6 is 0 Å². The number of carbonyl (C=O) groups is 1. The van der Waals surface area contributed by atoms with Crippen LogP contribution in [0.5, 0.6) is 0 Å². The molecule has 30 heteroatoms. The molecule has 11 aliphatic rings. The molecule has 5 aliphatic carbocycles. The first kappa shape index (κ1) is 73.3. The first-order valence-corrected chi connectivity index (χ1v) is 33.5. The maximum absolute atomic E-state index is 13.3. The van der Waals surface area contributed by atoms with Crippen molar-refractivity contribution in [2.75, 3.05) is 33.0 Å². The van der Waals surface area contributed by atoms with E-state index in [9.17, 15) is 91.6 Å². The highest BCUT2D eigenvalue weighted by Gasteiger charge is 2.71. The predicted octanol–water partition coefficient (Wildman–Crippen LogP) is -3.52. The van der Waals surface area contributed by atoms with Gasteiger partial charge in [-0.15, -0.1) is 0 Å². The van der Waals surface area contributed by atoms with E-state index in [4.69, 9.17) is 56.8 Å². The molecule has 0 bridgehead atoms. The van der Waals surface area contributed by atoms with Gasteiger partial charge in [0, 0.05) is 5.41 Å². The zero-order valence-corrected chi connectivity index (χ0v) is 54.6. The number of ether oxygens (including phenoxy) is 12. The van der Waals surface area contributed by atoms with Gasteiger partial charge in [0.15, 0.2) is 37.7 Å². The molecule has 17 N–H and O–H groups in total. The molecular weight excluding hydrogens is 1250 g/mol. The zero-order valence-electron chi connectivity index (χ0n) is 54.6. The average Bonchev–Trinajstić information content (AvgIpc) is 0.676. The van der Waals surface area contributed by atoms with Crippen LogP contribution in [0.1, 0.15) is 120 Å². The number of rotatable bonds is 16. The summed E-state index contributed by atoms with van der Waals surface area (Å²) < 4.78 is 71.6. The summed E-state index contributed by atoms with van der Waals surface area (Å²) in [6.45, 7) is 13.5. The van der Waals surface area contributed by atoms with Gasteiger partial charge in [0.25, 0.3) is 0 Å². The summed E-state index contributed by atoms with van der Waals surface area (Å²) in [6.07, 6.45) is -39.6. The minimum Gasteiger partial charge on any atom is -0.481 e. The summed E-state index contributed by atoms with van der Waals surface area (Å²) in [7, 11) is 0. The molecule has 6 heterocycles. The molecule has 4 unspecified atom stereocenters. The number of aliphatic hydroxyl groups excluding tert-OH is 16. The molecule has 11 rings (SSSR count). The maximum atomic E-state index is 13.3. The van der Waals surface area contributed by atoms with Crippen molar-refractivity contribution in [3.63, 3.8) is 0 Å². The third-order valence-corrected chi connectivity index (χ3v) is 25.0. The summed E-state index contributed by atoms with van der Waals surface area (Å²) >= 11 is 0. The Morgan fingerprint density at radius 1 is 0.521 bits per heavy atom. The maximum Gasteiger partial charge on any atom is 0.310 e. The first-order chi connectivity index (χ1) is 44.1. The molecule has 0 aromatic carbocycles. The summed E-state index contributed by atoms with van der Waals surface area (Å²) in [6, 6.07) is 0. The second-order valence-electron chi connectivity index (χ2n) is 30.9. The van der Waals surface area contributed by atoms with E-state index in [-0.39, 0.29) is 52.6 Å². The van der Waals surface area contributed by atoms with Gasteiger partial charge in [-0.2, -0.15) is 0 Å². The molecule has 4 saturated carbocycles. The molecule has 0 aromatic heterocycles. The molecule has 0 radical (unpaired) electrons. The van der Waals surface area contributed by atoms with Crippen molar-refractivity contribution in [1.29, 1.82) is 0 Å². The number of carboxylic acids is 1. The van der Waals surface area contributed by atoms with Gasteiger partial charge in [0.05, 0.1) is 56.8 Å². The Balaban J connectivity index is 0.761. The van der Waals surface area contributed by atoms with Gasteiger partial charge in [-0.3, -0.25) is 4.79 Å². The van der Waals surface area contributed by atoms with E-state index in [1.54, 1.807) is 0 Å². The van der Waals surface area contributed by atoms with Gasteiger partial charge < -0.3 is 144 Å². The topological polar surface area (TPSA) is 472 Å². The smallest absolute Gasteiger partial charge is 0.310 e. The van der Waals surface area contributed by atoms with E-state index in [0.717, 1.165) is 38.5 Å². The van der Waals surface area contributed by atoms with E-state index in [2.05, 4.69) is 40.7 Å². The molecule has 30 nitrogen and oxygen atoms in total. The normalized spacial score (nSPS) is 55.3. The lowest BCUT2D eigenvalue weighted by Gasteiger charge is -2.71. The van der Waals surface area contributed by atoms with Gasteiger partial charge in [-0.05, 0) is 117 Å². The summed E-state index contributed by atoms with van der Waals surface area (Å²) in [5.74, 6) is -0.626. The van der Waals surface area contributed by atoms with E-state index in [1.807, 2.05) is 6.92 Å². The third kappa shape index (κ3) is 12.5. The number of fused-ring (bicyclic) bond motifs is 7. The Bertz CT molecular complexity index is 2640. The molecule has 6 aliphatic heterocycles. The number of hydrogen-bond acceptors (Lipinski definition) is 29. The quantitative estimate of drug-likeness (QED) is 0.0526. The van der Waals surface area contributed by atoms with Crippen molar-refractivity contribution >= 4 is 5.97 Å². The fourth-order valence-electron chi connectivity index (χ4n) is 18.8. The van der Waals surface area contributed by atoms with Crippen LogP contribution in [0.25, 0.3) is 0 Å². The summed E-state index contributed by atoms with van der Waals surface area (Å²) in [5, 5.41) is 188.